The third-order valence-electron chi connectivity index (χ3n) is 2.78. The van der Waals surface area contributed by atoms with Gasteiger partial charge in [-0.2, -0.15) is 13.2 Å². The van der Waals surface area contributed by atoms with Crippen molar-refractivity contribution in [3.8, 4) is 0 Å². The average Bonchev–Trinajstić information content (AvgIpc) is 2.45. The van der Waals surface area contributed by atoms with Gasteiger partial charge in [-0.05, 0) is 19.1 Å². The van der Waals surface area contributed by atoms with Crippen molar-refractivity contribution in [1.82, 2.24) is 20.3 Å². The highest BCUT2D eigenvalue weighted by molar-refractivity contribution is 5.10. The van der Waals surface area contributed by atoms with Gasteiger partial charge in [-0.1, -0.05) is 0 Å². The summed E-state index contributed by atoms with van der Waals surface area (Å²) in [5, 5.41) is 3.02. The number of rotatable bonds is 4. The molecule has 2 rings (SSSR count). The molecule has 2 heterocycles. The van der Waals surface area contributed by atoms with Crippen LogP contribution in [0.2, 0.25) is 0 Å². The van der Waals surface area contributed by atoms with Gasteiger partial charge in [-0.15, -0.1) is 0 Å². The smallest absolute Gasteiger partial charge is 0.303 e. The van der Waals surface area contributed by atoms with Crippen LogP contribution in [0, 0.1) is 5.82 Å². The molecule has 1 N–H and O–H groups in total. The van der Waals surface area contributed by atoms with E-state index in [9.17, 15) is 17.6 Å². The van der Waals surface area contributed by atoms with Crippen LogP contribution in [0.3, 0.4) is 0 Å². The molecule has 0 amide bonds. The fraction of sp³-hybridized carbons (Fsp3) is 0.308. The first-order chi connectivity index (χ1) is 9.86. The second-order valence-electron chi connectivity index (χ2n) is 4.39. The Morgan fingerprint density at radius 1 is 1.10 bits per heavy atom. The van der Waals surface area contributed by atoms with Crippen LogP contribution >= 0.6 is 0 Å². The quantitative estimate of drug-likeness (QED) is 0.882. The molecule has 0 bridgehead atoms. The molecule has 2 aromatic heterocycles. The topological polar surface area (TPSA) is 50.7 Å². The molecular formula is C13H12F4N4. The maximum Gasteiger partial charge on any atom is 0.434 e. The first-order valence-electron chi connectivity index (χ1n) is 6.09. The minimum atomic E-state index is -4.50. The second kappa shape index (κ2) is 6.13. The molecule has 4 nitrogen and oxygen atoms in total. The molecule has 1 unspecified atom stereocenters. The Kier molecular flexibility index (Phi) is 4.46. The monoisotopic (exact) mass is 300 g/mol. The average molecular weight is 300 g/mol. The molecule has 0 saturated heterocycles. The summed E-state index contributed by atoms with van der Waals surface area (Å²) in [5.74, 6) is -0.431. The third kappa shape index (κ3) is 4.19. The zero-order valence-electron chi connectivity index (χ0n) is 11.0. The lowest BCUT2D eigenvalue weighted by atomic mass is 10.2. The second-order valence-corrected chi connectivity index (χ2v) is 4.39. The predicted octanol–water partition coefficient (Wildman–Crippen LogP) is 2.88. The van der Waals surface area contributed by atoms with E-state index >= 15 is 0 Å². The summed E-state index contributed by atoms with van der Waals surface area (Å²) in [5.41, 5.74) is -0.0345. The molecule has 0 spiro atoms. The van der Waals surface area contributed by atoms with E-state index in [0.717, 1.165) is 12.4 Å². The Morgan fingerprint density at radius 3 is 2.38 bits per heavy atom. The van der Waals surface area contributed by atoms with Gasteiger partial charge in [0.15, 0.2) is 5.69 Å². The largest absolute Gasteiger partial charge is 0.434 e. The van der Waals surface area contributed by atoms with Crippen LogP contribution in [0.25, 0.3) is 0 Å². The lowest BCUT2D eigenvalue weighted by molar-refractivity contribution is -0.141. The van der Waals surface area contributed by atoms with Gasteiger partial charge in [0.25, 0.3) is 0 Å². The predicted molar refractivity (Wildman–Crippen MR) is 66.5 cm³/mol. The van der Waals surface area contributed by atoms with E-state index in [4.69, 9.17) is 0 Å². The molecule has 8 heteroatoms. The van der Waals surface area contributed by atoms with Crippen molar-refractivity contribution >= 4 is 0 Å². The Balaban J connectivity index is 1.95. The van der Waals surface area contributed by atoms with Crippen LogP contribution in [0.5, 0.6) is 0 Å². The van der Waals surface area contributed by atoms with Gasteiger partial charge in [0.2, 0.25) is 0 Å². The summed E-state index contributed by atoms with van der Waals surface area (Å²) in [6.45, 7) is 2.03. The highest BCUT2D eigenvalue weighted by Gasteiger charge is 2.32. The van der Waals surface area contributed by atoms with Gasteiger partial charge < -0.3 is 5.32 Å². The number of aromatic nitrogens is 3. The number of hydrogen-bond donors (Lipinski definition) is 1. The van der Waals surface area contributed by atoms with E-state index < -0.39 is 17.7 Å². The Morgan fingerprint density at radius 2 is 1.86 bits per heavy atom. The molecule has 112 valence electrons. The van der Waals surface area contributed by atoms with Crippen LogP contribution in [0.4, 0.5) is 17.6 Å². The minimum Gasteiger partial charge on any atom is -0.303 e. The molecule has 0 aromatic carbocycles. The van der Waals surface area contributed by atoms with Gasteiger partial charge in [-0.3, -0.25) is 9.97 Å². The van der Waals surface area contributed by atoms with Gasteiger partial charge in [-0.25, -0.2) is 9.37 Å². The maximum atomic E-state index is 12.7. The van der Waals surface area contributed by atoms with E-state index in [1.165, 1.54) is 12.1 Å². The van der Waals surface area contributed by atoms with E-state index in [0.29, 0.717) is 17.6 Å². The molecule has 21 heavy (non-hydrogen) atoms. The lowest BCUT2D eigenvalue weighted by Gasteiger charge is -2.13. The normalized spacial score (nSPS) is 13.2. The number of nitrogens with zero attached hydrogens (tertiary/aromatic N) is 3. The van der Waals surface area contributed by atoms with E-state index in [2.05, 4.69) is 20.3 Å². The Hall–Kier alpha value is -2.09. The van der Waals surface area contributed by atoms with Crippen molar-refractivity contribution in [2.75, 3.05) is 0 Å². The zero-order chi connectivity index (χ0) is 15.5. The summed E-state index contributed by atoms with van der Waals surface area (Å²) < 4.78 is 49.7. The number of pyridine rings is 1. The Bertz CT molecular complexity index is 581. The molecule has 0 saturated carbocycles. The standard InChI is InChI=1S/C13H12F4N4/c1-8(11-3-2-9(14)4-20-11)18-5-10-6-21-12(7-19-10)13(15,16)17/h2-4,6-8,18H,5H2,1H3. The summed E-state index contributed by atoms with van der Waals surface area (Å²) in [6, 6.07) is 2.62. The van der Waals surface area contributed by atoms with Gasteiger partial charge in [0, 0.05) is 12.6 Å². The van der Waals surface area contributed by atoms with Gasteiger partial charge in [0.05, 0.1) is 30.0 Å². The van der Waals surface area contributed by atoms with E-state index in [1.807, 2.05) is 0 Å². The molecule has 2 aromatic rings. The van der Waals surface area contributed by atoms with Crippen molar-refractivity contribution in [2.24, 2.45) is 0 Å². The van der Waals surface area contributed by atoms with Crippen molar-refractivity contribution in [3.63, 3.8) is 0 Å². The first kappa shape index (κ1) is 15.3. The number of hydrogen-bond acceptors (Lipinski definition) is 4. The molecular weight excluding hydrogens is 288 g/mol. The summed E-state index contributed by atoms with van der Waals surface area (Å²) in [7, 11) is 0. The summed E-state index contributed by atoms with van der Waals surface area (Å²) in [4.78, 5) is 10.9. The van der Waals surface area contributed by atoms with E-state index in [-0.39, 0.29) is 12.6 Å². The number of nitrogens with one attached hydrogen (secondary N) is 1. The minimum absolute atomic E-state index is 0.199. The van der Waals surface area contributed by atoms with Crippen LogP contribution in [0.15, 0.2) is 30.7 Å². The number of halogens is 4. The van der Waals surface area contributed by atoms with Crippen LogP contribution in [0.1, 0.15) is 30.0 Å². The molecule has 0 fully saturated rings. The maximum absolute atomic E-state index is 12.7. The van der Waals surface area contributed by atoms with Gasteiger partial charge >= 0.3 is 6.18 Å². The van der Waals surface area contributed by atoms with Crippen molar-refractivity contribution in [2.45, 2.75) is 25.7 Å². The molecule has 1 atom stereocenters. The zero-order valence-corrected chi connectivity index (χ0v) is 11.0. The van der Waals surface area contributed by atoms with E-state index in [1.54, 1.807) is 6.92 Å². The highest BCUT2D eigenvalue weighted by atomic mass is 19.4. The summed E-state index contributed by atoms with van der Waals surface area (Å²) in [6.07, 6.45) is -1.63. The Labute approximate surface area is 118 Å². The fourth-order valence-electron chi connectivity index (χ4n) is 1.60. The first-order valence-corrected chi connectivity index (χ1v) is 6.09. The molecule has 0 radical (unpaired) electrons. The molecule has 0 aliphatic heterocycles. The van der Waals surface area contributed by atoms with Crippen LogP contribution in [-0.2, 0) is 12.7 Å². The van der Waals surface area contributed by atoms with Crippen molar-refractivity contribution < 1.29 is 17.6 Å². The number of alkyl halides is 3. The fourth-order valence-corrected chi connectivity index (χ4v) is 1.60. The molecule has 0 aliphatic rings. The van der Waals surface area contributed by atoms with Gasteiger partial charge in [0.1, 0.15) is 5.82 Å². The van der Waals surface area contributed by atoms with Crippen molar-refractivity contribution in [3.05, 3.63) is 53.6 Å². The molecule has 0 aliphatic carbocycles. The van der Waals surface area contributed by atoms with Crippen LogP contribution in [-0.4, -0.2) is 15.0 Å². The van der Waals surface area contributed by atoms with Crippen LogP contribution < -0.4 is 5.32 Å². The highest BCUT2D eigenvalue weighted by Crippen LogP contribution is 2.26. The SMILES string of the molecule is CC(NCc1cnc(C(F)(F)F)cn1)c1ccc(F)cn1. The van der Waals surface area contributed by atoms with Crippen molar-refractivity contribution in [1.29, 1.82) is 0 Å². The lowest BCUT2D eigenvalue weighted by Crippen LogP contribution is -2.20. The summed E-state index contributed by atoms with van der Waals surface area (Å²) >= 11 is 0. The third-order valence-corrected chi connectivity index (χ3v) is 2.78.